The molecule has 1 saturated carbocycles. The van der Waals surface area contributed by atoms with E-state index in [0.717, 1.165) is 18.6 Å². The van der Waals surface area contributed by atoms with Crippen molar-refractivity contribution >= 4 is 0 Å². The van der Waals surface area contributed by atoms with Crippen LogP contribution >= 0.6 is 0 Å². The lowest BCUT2D eigenvalue weighted by molar-refractivity contribution is 0.148. The molecular weight excluding hydrogens is 188 g/mol. The van der Waals surface area contributed by atoms with Gasteiger partial charge >= 0.3 is 0 Å². The Labute approximate surface area is 90.9 Å². The second kappa shape index (κ2) is 3.53. The molecule has 2 heteroatoms. The second-order valence-corrected chi connectivity index (χ2v) is 4.48. The van der Waals surface area contributed by atoms with Crippen LogP contribution in [0.4, 0.5) is 0 Å². The molecule has 1 unspecified atom stereocenters. The Morgan fingerprint density at radius 1 is 1.40 bits per heavy atom. The zero-order valence-corrected chi connectivity index (χ0v) is 9.58. The number of hydrogen-bond acceptors (Lipinski definition) is 2. The molecular formula is C13H18O2. The van der Waals surface area contributed by atoms with Crippen molar-refractivity contribution in [1.29, 1.82) is 0 Å². The van der Waals surface area contributed by atoms with Gasteiger partial charge in [0, 0.05) is 11.0 Å². The van der Waals surface area contributed by atoms with E-state index in [0.29, 0.717) is 0 Å². The number of hydrogen-bond donors (Lipinski definition) is 1. The summed E-state index contributed by atoms with van der Waals surface area (Å²) in [5.74, 6) is 0.911. The molecule has 1 aromatic carbocycles. The van der Waals surface area contributed by atoms with Crippen LogP contribution in [0, 0.1) is 6.92 Å². The summed E-state index contributed by atoms with van der Waals surface area (Å²) in [5, 5.41) is 9.88. The van der Waals surface area contributed by atoms with Crippen molar-refractivity contribution in [1.82, 2.24) is 0 Å². The monoisotopic (exact) mass is 206 g/mol. The van der Waals surface area contributed by atoms with Crippen LogP contribution in [0.25, 0.3) is 0 Å². The summed E-state index contributed by atoms with van der Waals surface area (Å²) < 4.78 is 5.39. The molecule has 15 heavy (non-hydrogen) atoms. The van der Waals surface area contributed by atoms with Crippen molar-refractivity contribution in [3.05, 3.63) is 29.3 Å². The van der Waals surface area contributed by atoms with Gasteiger partial charge in [-0.2, -0.15) is 0 Å². The molecule has 0 spiro atoms. The number of rotatable bonds is 3. The molecule has 0 saturated heterocycles. The van der Waals surface area contributed by atoms with E-state index in [1.54, 1.807) is 7.11 Å². The van der Waals surface area contributed by atoms with Gasteiger partial charge in [-0.15, -0.1) is 0 Å². The van der Waals surface area contributed by atoms with Gasteiger partial charge in [0.05, 0.1) is 13.2 Å². The van der Waals surface area contributed by atoms with E-state index < -0.39 is 0 Å². The molecule has 2 nitrogen and oxygen atoms in total. The van der Waals surface area contributed by atoms with Gasteiger partial charge < -0.3 is 9.84 Å². The number of aliphatic hydroxyl groups is 1. The van der Waals surface area contributed by atoms with Crippen molar-refractivity contribution in [3.63, 3.8) is 0 Å². The molecule has 0 amide bonds. The van der Waals surface area contributed by atoms with E-state index in [9.17, 15) is 5.11 Å². The second-order valence-electron chi connectivity index (χ2n) is 4.48. The minimum absolute atomic E-state index is 0.0450. The van der Waals surface area contributed by atoms with Crippen LogP contribution in [0.2, 0.25) is 0 Å². The third-order valence-electron chi connectivity index (χ3n) is 3.54. The highest BCUT2D eigenvalue weighted by atomic mass is 16.5. The van der Waals surface area contributed by atoms with Crippen molar-refractivity contribution in [2.45, 2.75) is 38.2 Å². The van der Waals surface area contributed by atoms with Crippen LogP contribution in [-0.4, -0.2) is 18.3 Å². The van der Waals surface area contributed by atoms with Gasteiger partial charge in [-0.25, -0.2) is 0 Å². The van der Waals surface area contributed by atoms with Gasteiger partial charge in [-0.3, -0.25) is 0 Å². The van der Waals surface area contributed by atoms with E-state index in [-0.39, 0.29) is 11.5 Å². The Bertz CT molecular complexity index is 365. The summed E-state index contributed by atoms with van der Waals surface area (Å²) in [5.41, 5.74) is 2.37. The van der Waals surface area contributed by atoms with Gasteiger partial charge in [0.1, 0.15) is 5.75 Å². The molecule has 0 radical (unpaired) electrons. The molecule has 1 aliphatic carbocycles. The Morgan fingerprint density at radius 3 is 2.53 bits per heavy atom. The highest BCUT2D eigenvalue weighted by Crippen LogP contribution is 2.54. The van der Waals surface area contributed by atoms with E-state index in [4.69, 9.17) is 4.74 Å². The summed E-state index contributed by atoms with van der Waals surface area (Å²) in [6, 6.07) is 6.06. The summed E-state index contributed by atoms with van der Waals surface area (Å²) in [6.45, 7) is 3.96. The van der Waals surface area contributed by atoms with Crippen LogP contribution in [0.1, 0.15) is 30.9 Å². The molecule has 2 rings (SSSR count). The summed E-state index contributed by atoms with van der Waals surface area (Å²) in [6.07, 6.45) is 1.82. The maximum Gasteiger partial charge on any atom is 0.122 e. The van der Waals surface area contributed by atoms with Crippen LogP contribution in [0.15, 0.2) is 18.2 Å². The Morgan fingerprint density at radius 2 is 2.07 bits per heavy atom. The Balaban J connectivity index is 2.51. The topological polar surface area (TPSA) is 29.5 Å². The number of methoxy groups -OCH3 is 1. The van der Waals surface area contributed by atoms with Crippen molar-refractivity contribution in [2.75, 3.05) is 7.11 Å². The Hall–Kier alpha value is -1.02. The molecule has 1 fully saturated rings. The van der Waals surface area contributed by atoms with Crippen molar-refractivity contribution < 1.29 is 9.84 Å². The molecule has 0 bridgehead atoms. The largest absolute Gasteiger partial charge is 0.496 e. The van der Waals surface area contributed by atoms with Crippen LogP contribution < -0.4 is 4.74 Å². The fraction of sp³-hybridized carbons (Fsp3) is 0.538. The predicted molar refractivity (Wildman–Crippen MR) is 60.3 cm³/mol. The lowest BCUT2D eigenvalue weighted by atomic mass is 9.87. The number of ether oxygens (including phenoxy) is 1. The first-order chi connectivity index (χ1) is 7.12. The van der Waals surface area contributed by atoms with Gasteiger partial charge in [-0.05, 0) is 38.3 Å². The fourth-order valence-electron chi connectivity index (χ4n) is 2.46. The molecule has 0 heterocycles. The zero-order chi connectivity index (χ0) is 11.1. The fourth-order valence-corrected chi connectivity index (χ4v) is 2.46. The SMILES string of the molecule is COc1cccc(C)c1C1(C(C)O)CC1. The molecule has 82 valence electrons. The molecule has 0 aromatic heterocycles. The predicted octanol–water partition coefficient (Wildman–Crippen LogP) is 2.42. The minimum Gasteiger partial charge on any atom is -0.496 e. The molecule has 1 N–H and O–H groups in total. The van der Waals surface area contributed by atoms with Gasteiger partial charge in [0.15, 0.2) is 0 Å². The minimum atomic E-state index is -0.299. The van der Waals surface area contributed by atoms with E-state index in [1.165, 1.54) is 11.1 Å². The van der Waals surface area contributed by atoms with Gasteiger partial charge in [0.2, 0.25) is 0 Å². The maximum atomic E-state index is 9.88. The first-order valence-corrected chi connectivity index (χ1v) is 5.44. The van der Waals surface area contributed by atoms with Gasteiger partial charge in [0.25, 0.3) is 0 Å². The summed E-state index contributed by atoms with van der Waals surface area (Å²) >= 11 is 0. The van der Waals surface area contributed by atoms with Crippen molar-refractivity contribution in [2.24, 2.45) is 0 Å². The zero-order valence-electron chi connectivity index (χ0n) is 9.58. The lowest BCUT2D eigenvalue weighted by Crippen LogP contribution is -2.24. The van der Waals surface area contributed by atoms with E-state index in [2.05, 4.69) is 13.0 Å². The molecule has 1 aromatic rings. The molecule has 1 aliphatic rings. The van der Waals surface area contributed by atoms with Crippen LogP contribution in [0.3, 0.4) is 0 Å². The normalized spacial score (nSPS) is 19.7. The molecule has 0 aliphatic heterocycles. The smallest absolute Gasteiger partial charge is 0.122 e. The average Bonchev–Trinajstić information content (AvgIpc) is 2.98. The lowest BCUT2D eigenvalue weighted by Gasteiger charge is -2.23. The summed E-state index contributed by atoms with van der Waals surface area (Å²) in [4.78, 5) is 0. The average molecular weight is 206 g/mol. The summed E-state index contributed by atoms with van der Waals surface area (Å²) in [7, 11) is 1.69. The quantitative estimate of drug-likeness (QED) is 0.823. The Kier molecular flexibility index (Phi) is 2.47. The number of aryl methyl sites for hydroxylation is 1. The highest BCUT2D eigenvalue weighted by Gasteiger charge is 2.50. The standard InChI is InChI=1S/C13H18O2/c1-9-5-4-6-11(15-3)12(9)13(7-8-13)10(2)14/h4-6,10,14H,7-8H2,1-3H3. The van der Waals surface area contributed by atoms with E-state index in [1.807, 2.05) is 19.1 Å². The third kappa shape index (κ3) is 1.53. The first-order valence-electron chi connectivity index (χ1n) is 5.44. The van der Waals surface area contributed by atoms with Crippen molar-refractivity contribution in [3.8, 4) is 5.75 Å². The maximum absolute atomic E-state index is 9.88. The van der Waals surface area contributed by atoms with E-state index >= 15 is 0 Å². The molecule has 1 atom stereocenters. The number of benzene rings is 1. The van der Waals surface area contributed by atoms with Crippen LogP contribution in [0.5, 0.6) is 5.75 Å². The highest BCUT2D eigenvalue weighted by molar-refractivity contribution is 5.49. The van der Waals surface area contributed by atoms with Crippen LogP contribution in [-0.2, 0) is 5.41 Å². The first kappa shape index (κ1) is 10.5. The van der Waals surface area contributed by atoms with Gasteiger partial charge in [-0.1, -0.05) is 12.1 Å². The number of aliphatic hydroxyl groups excluding tert-OH is 1. The third-order valence-corrected chi connectivity index (χ3v) is 3.54.